The molecule has 0 spiro atoms. The number of β-amino-alcohol motifs (C(OH)–C–C–N with tert-alkyl or cyclic N) is 1. The van der Waals surface area contributed by atoms with Crippen molar-refractivity contribution in [3.05, 3.63) is 34.9 Å². The number of nitrogens with zero attached hydrogens (tertiary/aromatic N) is 1. The van der Waals surface area contributed by atoms with Gasteiger partial charge in [0.05, 0.1) is 6.10 Å². The van der Waals surface area contributed by atoms with Crippen LogP contribution in [0.1, 0.15) is 74.9 Å². The van der Waals surface area contributed by atoms with Crippen LogP contribution in [-0.4, -0.2) is 35.1 Å². The fraction of sp³-hybridized carbons (Fsp3) is 0.650. The molecular weight excluding hydrogens is 286 g/mol. The van der Waals surface area contributed by atoms with Crippen molar-refractivity contribution in [2.45, 2.75) is 70.3 Å². The maximum Gasteiger partial charge on any atom is 0.253 e. The number of benzene rings is 1. The molecular formula is C20H29NO2. The summed E-state index contributed by atoms with van der Waals surface area (Å²) in [6.07, 6.45) is 3.64. The van der Waals surface area contributed by atoms with E-state index >= 15 is 0 Å². The van der Waals surface area contributed by atoms with Crippen LogP contribution in [0.15, 0.2) is 18.2 Å². The van der Waals surface area contributed by atoms with Gasteiger partial charge in [0.25, 0.3) is 5.91 Å². The number of amides is 1. The van der Waals surface area contributed by atoms with Gasteiger partial charge in [0, 0.05) is 18.7 Å². The molecule has 23 heavy (non-hydrogen) atoms. The summed E-state index contributed by atoms with van der Waals surface area (Å²) in [5.41, 5.74) is 3.75. The van der Waals surface area contributed by atoms with Gasteiger partial charge in [-0.15, -0.1) is 0 Å². The highest BCUT2D eigenvalue weighted by Gasteiger charge is 2.37. The number of likely N-dealkylation sites (tertiary alicyclic amines) is 1. The van der Waals surface area contributed by atoms with Gasteiger partial charge < -0.3 is 10.0 Å². The van der Waals surface area contributed by atoms with Gasteiger partial charge >= 0.3 is 0 Å². The van der Waals surface area contributed by atoms with Gasteiger partial charge in [-0.3, -0.25) is 4.79 Å². The Morgan fingerprint density at radius 3 is 2.43 bits per heavy atom. The Morgan fingerprint density at radius 1 is 1.13 bits per heavy atom. The lowest BCUT2D eigenvalue weighted by Crippen LogP contribution is -2.42. The molecule has 1 amide bonds. The Labute approximate surface area is 139 Å². The molecule has 126 valence electrons. The topological polar surface area (TPSA) is 40.5 Å². The van der Waals surface area contributed by atoms with Crippen LogP contribution in [0.5, 0.6) is 0 Å². The number of piperidine rings is 1. The second kappa shape index (κ2) is 5.62. The van der Waals surface area contributed by atoms with Crippen LogP contribution in [0.4, 0.5) is 0 Å². The molecule has 0 saturated carbocycles. The normalized spacial score (nSPS) is 25.8. The molecule has 1 aromatic carbocycles. The van der Waals surface area contributed by atoms with Crippen molar-refractivity contribution >= 4 is 5.91 Å². The minimum Gasteiger partial charge on any atom is -0.391 e. The minimum absolute atomic E-state index is 0.0609. The van der Waals surface area contributed by atoms with Crippen LogP contribution in [0.25, 0.3) is 0 Å². The van der Waals surface area contributed by atoms with Crippen molar-refractivity contribution in [1.29, 1.82) is 0 Å². The van der Waals surface area contributed by atoms with Gasteiger partial charge in [-0.25, -0.2) is 0 Å². The number of carbonyl (C=O) groups excluding carboxylic acids is 1. The predicted molar refractivity (Wildman–Crippen MR) is 92.9 cm³/mol. The van der Waals surface area contributed by atoms with Crippen LogP contribution in [0.2, 0.25) is 0 Å². The van der Waals surface area contributed by atoms with Crippen LogP contribution in [-0.2, 0) is 10.8 Å². The lowest BCUT2D eigenvalue weighted by molar-refractivity contribution is 0.0473. The van der Waals surface area contributed by atoms with Crippen molar-refractivity contribution in [2.24, 2.45) is 0 Å². The van der Waals surface area contributed by atoms with E-state index in [0.29, 0.717) is 6.54 Å². The van der Waals surface area contributed by atoms with Gasteiger partial charge in [-0.2, -0.15) is 0 Å². The first kappa shape index (κ1) is 16.5. The summed E-state index contributed by atoms with van der Waals surface area (Å²) >= 11 is 0. The fourth-order valence-electron chi connectivity index (χ4n) is 4.04. The first-order valence-corrected chi connectivity index (χ1v) is 8.83. The number of hydrogen-bond donors (Lipinski definition) is 1. The molecule has 0 aromatic heterocycles. The molecule has 3 nitrogen and oxygen atoms in total. The maximum absolute atomic E-state index is 12.8. The quantitative estimate of drug-likeness (QED) is 0.859. The summed E-state index contributed by atoms with van der Waals surface area (Å²) in [7, 11) is 0. The third kappa shape index (κ3) is 3.03. The number of aliphatic hydroxyl groups excluding tert-OH is 1. The summed E-state index contributed by atoms with van der Waals surface area (Å²) in [5, 5.41) is 9.83. The molecule has 1 atom stereocenters. The summed E-state index contributed by atoms with van der Waals surface area (Å²) in [6.45, 7) is 10.4. The zero-order valence-electron chi connectivity index (χ0n) is 14.9. The third-order valence-corrected chi connectivity index (χ3v) is 5.78. The van der Waals surface area contributed by atoms with Gasteiger partial charge in [0.15, 0.2) is 0 Å². The predicted octanol–water partition coefficient (Wildman–Crippen LogP) is 3.63. The van der Waals surface area contributed by atoms with Crippen LogP contribution < -0.4 is 0 Å². The van der Waals surface area contributed by atoms with E-state index < -0.39 is 0 Å². The first-order valence-electron chi connectivity index (χ1n) is 8.83. The van der Waals surface area contributed by atoms with Crippen molar-refractivity contribution in [2.75, 3.05) is 13.1 Å². The number of fused-ring (bicyclic) bond motifs is 1. The smallest absolute Gasteiger partial charge is 0.253 e. The summed E-state index contributed by atoms with van der Waals surface area (Å²) < 4.78 is 0. The van der Waals surface area contributed by atoms with E-state index in [2.05, 4.69) is 39.8 Å². The van der Waals surface area contributed by atoms with Crippen molar-refractivity contribution in [3.63, 3.8) is 0 Å². The first-order chi connectivity index (χ1) is 10.7. The zero-order chi connectivity index (χ0) is 16.8. The lowest BCUT2D eigenvalue weighted by atomic mass is 9.63. The average Bonchev–Trinajstić information content (AvgIpc) is 2.51. The molecule has 0 bridgehead atoms. The number of aliphatic hydroxyl groups is 1. The summed E-state index contributed by atoms with van der Waals surface area (Å²) in [6, 6.07) is 6.24. The van der Waals surface area contributed by atoms with Gasteiger partial charge in [-0.05, 0) is 59.8 Å². The summed E-state index contributed by atoms with van der Waals surface area (Å²) in [5.74, 6) is 0.0609. The van der Waals surface area contributed by atoms with E-state index in [9.17, 15) is 9.90 Å². The molecule has 1 saturated heterocycles. The minimum atomic E-state index is -0.374. The molecule has 2 aliphatic rings. The SMILES string of the molecule is CC1(C)CCC(C)(C)c2cc(C(=O)N3CCC[C@@H](O)C3)ccc21. The molecule has 0 unspecified atom stereocenters. The molecule has 3 heteroatoms. The van der Waals surface area contributed by atoms with E-state index in [4.69, 9.17) is 0 Å². The van der Waals surface area contributed by atoms with Crippen molar-refractivity contribution in [3.8, 4) is 0 Å². The van der Waals surface area contributed by atoms with Crippen molar-refractivity contribution < 1.29 is 9.90 Å². The summed E-state index contributed by atoms with van der Waals surface area (Å²) in [4.78, 5) is 14.6. The molecule has 3 rings (SSSR count). The monoisotopic (exact) mass is 315 g/mol. The van der Waals surface area contributed by atoms with Crippen LogP contribution in [0, 0.1) is 0 Å². The van der Waals surface area contributed by atoms with E-state index in [0.717, 1.165) is 31.4 Å². The number of rotatable bonds is 1. The number of carbonyl (C=O) groups is 1. The molecule has 1 heterocycles. The Hall–Kier alpha value is -1.35. The van der Waals surface area contributed by atoms with E-state index in [1.165, 1.54) is 17.5 Å². The second-order valence-corrected chi connectivity index (χ2v) is 8.58. The number of hydrogen-bond acceptors (Lipinski definition) is 2. The Kier molecular flexibility index (Phi) is 4.04. The van der Waals surface area contributed by atoms with Gasteiger partial charge in [-0.1, -0.05) is 33.8 Å². The highest BCUT2D eigenvalue weighted by molar-refractivity contribution is 5.94. The third-order valence-electron chi connectivity index (χ3n) is 5.78. The average molecular weight is 315 g/mol. The van der Waals surface area contributed by atoms with Crippen molar-refractivity contribution in [1.82, 2.24) is 4.90 Å². The zero-order valence-corrected chi connectivity index (χ0v) is 14.9. The standard InChI is InChI=1S/C20H29NO2/c1-19(2)9-10-20(3,4)17-12-14(7-8-16(17)19)18(23)21-11-5-6-15(22)13-21/h7-8,12,15,22H,5-6,9-11,13H2,1-4H3/t15-/m1/s1. The van der Waals surface area contributed by atoms with Crippen LogP contribution in [0.3, 0.4) is 0 Å². The van der Waals surface area contributed by atoms with Gasteiger partial charge in [0.2, 0.25) is 0 Å². The second-order valence-electron chi connectivity index (χ2n) is 8.58. The molecule has 1 aliphatic carbocycles. The molecule has 0 radical (unpaired) electrons. The maximum atomic E-state index is 12.8. The molecule has 1 aromatic rings. The molecule has 1 N–H and O–H groups in total. The van der Waals surface area contributed by atoms with E-state index in [-0.39, 0.29) is 22.8 Å². The largest absolute Gasteiger partial charge is 0.391 e. The van der Waals surface area contributed by atoms with Gasteiger partial charge in [0.1, 0.15) is 0 Å². The lowest BCUT2D eigenvalue weighted by Gasteiger charge is -2.42. The molecule has 1 fully saturated rings. The Morgan fingerprint density at radius 2 is 1.78 bits per heavy atom. The molecule has 1 aliphatic heterocycles. The Bertz CT molecular complexity index is 618. The van der Waals surface area contributed by atoms with E-state index in [1.807, 2.05) is 6.07 Å². The highest BCUT2D eigenvalue weighted by atomic mass is 16.3. The fourth-order valence-corrected chi connectivity index (χ4v) is 4.04. The highest BCUT2D eigenvalue weighted by Crippen LogP contribution is 2.45. The van der Waals surface area contributed by atoms with E-state index in [1.54, 1.807) is 4.90 Å². The Balaban J connectivity index is 1.95. The van der Waals surface area contributed by atoms with Crippen LogP contribution >= 0.6 is 0 Å².